The molecule has 0 spiro atoms. The van der Waals surface area contributed by atoms with Gasteiger partial charge in [-0.25, -0.2) is 0 Å². The van der Waals surface area contributed by atoms with Gasteiger partial charge in [-0.1, -0.05) is 12.1 Å². The first-order valence-corrected chi connectivity index (χ1v) is 4.55. The van der Waals surface area contributed by atoms with Crippen LogP contribution in [0.3, 0.4) is 0 Å². The van der Waals surface area contributed by atoms with Crippen molar-refractivity contribution in [3.63, 3.8) is 0 Å². The van der Waals surface area contributed by atoms with Gasteiger partial charge in [0.2, 0.25) is 0 Å². The second-order valence-corrected chi connectivity index (χ2v) is 2.86. The maximum atomic E-state index is 10.7. The number of ether oxygens (including phenoxy) is 3. The smallest absolute Gasteiger partial charge is 0.410 e. The fourth-order valence-electron chi connectivity index (χ4n) is 0.904. The summed E-state index contributed by atoms with van der Waals surface area (Å²) >= 11 is 0. The van der Waals surface area contributed by atoms with E-state index in [9.17, 15) is 9.59 Å². The Morgan fingerprint density at radius 3 is 2.06 bits per heavy atom. The first-order valence-electron chi connectivity index (χ1n) is 4.55. The van der Waals surface area contributed by atoms with Crippen LogP contribution < -0.4 is 4.74 Å². The fraction of sp³-hybridized carbons (Fsp3) is 0.273. The summed E-state index contributed by atoms with van der Waals surface area (Å²) in [5.74, 6) is -0.797. The molecule has 0 saturated heterocycles. The third-order valence-corrected chi connectivity index (χ3v) is 1.44. The summed E-state index contributed by atoms with van der Waals surface area (Å²) in [6.07, 6.45) is 0. The molecule has 0 aliphatic heterocycles. The minimum Gasteiger partial charge on any atom is -0.423 e. The molecule has 85 valence electrons. The number of hydrogen-bond donors (Lipinski definition) is 0. The van der Waals surface area contributed by atoms with Crippen molar-refractivity contribution in [3.8, 4) is 5.75 Å². The lowest BCUT2D eigenvalue weighted by Crippen LogP contribution is -2.28. The van der Waals surface area contributed by atoms with E-state index in [-0.39, 0.29) is 0 Å². The Labute approximate surface area is 92.9 Å². The molecule has 0 bridgehead atoms. The molecule has 5 heteroatoms. The van der Waals surface area contributed by atoms with E-state index in [1.54, 1.807) is 24.3 Å². The van der Waals surface area contributed by atoms with E-state index in [2.05, 4.69) is 15.5 Å². The standard InChI is InChI=1S/C11H11O5/c1-8(12)14-11(15-9(2)13)16-10-6-4-3-5-7-10/h4-7,11H,1-2H3. The molecule has 0 aromatic heterocycles. The highest BCUT2D eigenvalue weighted by atomic mass is 16.9. The van der Waals surface area contributed by atoms with Gasteiger partial charge in [0.25, 0.3) is 0 Å². The highest BCUT2D eigenvalue weighted by molar-refractivity contribution is 5.68. The Morgan fingerprint density at radius 2 is 1.62 bits per heavy atom. The molecule has 0 unspecified atom stereocenters. The van der Waals surface area contributed by atoms with Crippen molar-refractivity contribution < 1.29 is 23.8 Å². The van der Waals surface area contributed by atoms with E-state index in [0.29, 0.717) is 5.75 Å². The van der Waals surface area contributed by atoms with Crippen LogP contribution in [-0.4, -0.2) is 18.4 Å². The highest BCUT2D eigenvalue weighted by Crippen LogP contribution is 2.12. The zero-order valence-corrected chi connectivity index (χ0v) is 8.93. The Balaban J connectivity index is 2.63. The van der Waals surface area contributed by atoms with E-state index in [4.69, 9.17) is 4.74 Å². The molecule has 1 rings (SSSR count). The van der Waals surface area contributed by atoms with Crippen molar-refractivity contribution in [3.05, 3.63) is 30.3 Å². The highest BCUT2D eigenvalue weighted by Gasteiger charge is 2.16. The van der Waals surface area contributed by atoms with Crippen LogP contribution in [-0.2, 0) is 19.1 Å². The topological polar surface area (TPSA) is 61.8 Å². The molecule has 1 aromatic carbocycles. The quantitative estimate of drug-likeness (QED) is 0.568. The normalized spacial score (nSPS) is 9.69. The average molecular weight is 223 g/mol. The second-order valence-electron chi connectivity index (χ2n) is 2.86. The fourth-order valence-corrected chi connectivity index (χ4v) is 0.904. The van der Waals surface area contributed by atoms with Gasteiger partial charge >= 0.3 is 18.4 Å². The Hall–Kier alpha value is -2.04. The van der Waals surface area contributed by atoms with Gasteiger partial charge in [0.1, 0.15) is 5.75 Å². The molecule has 0 aliphatic rings. The maximum absolute atomic E-state index is 10.7. The molecule has 0 aliphatic carbocycles. The van der Waals surface area contributed by atoms with Crippen LogP contribution in [0.1, 0.15) is 13.8 Å². The first-order chi connectivity index (χ1) is 7.58. The minimum absolute atomic E-state index is 0.409. The number of esters is 2. The van der Waals surface area contributed by atoms with Gasteiger partial charge in [-0.3, -0.25) is 9.59 Å². The lowest BCUT2D eigenvalue weighted by atomic mass is 10.3. The maximum Gasteiger partial charge on any atom is 0.410 e. The monoisotopic (exact) mass is 223 g/mol. The molecular formula is C11H11O5. The van der Waals surface area contributed by atoms with Crippen LogP contribution in [0.4, 0.5) is 0 Å². The van der Waals surface area contributed by atoms with E-state index in [1.165, 1.54) is 13.8 Å². The van der Waals surface area contributed by atoms with Crippen molar-refractivity contribution in [1.82, 2.24) is 0 Å². The van der Waals surface area contributed by atoms with Crippen molar-refractivity contribution in [2.45, 2.75) is 20.3 Å². The van der Waals surface area contributed by atoms with E-state index in [0.717, 1.165) is 0 Å². The van der Waals surface area contributed by atoms with Gasteiger partial charge in [0.05, 0.1) is 0 Å². The molecule has 0 N–H and O–H groups in total. The second kappa shape index (κ2) is 5.75. The first kappa shape index (κ1) is 12.0. The molecule has 0 saturated carbocycles. The van der Waals surface area contributed by atoms with Gasteiger partial charge in [-0.2, -0.15) is 0 Å². The summed E-state index contributed by atoms with van der Waals surface area (Å²) in [6, 6.07) is 9.22. The lowest BCUT2D eigenvalue weighted by molar-refractivity contribution is -0.232. The summed E-state index contributed by atoms with van der Waals surface area (Å²) in [7, 11) is 0. The Bertz CT molecular complexity index is 344. The summed E-state index contributed by atoms with van der Waals surface area (Å²) < 4.78 is 14.4. The molecule has 0 fully saturated rings. The Kier molecular flexibility index (Phi) is 4.32. The zero-order chi connectivity index (χ0) is 12.0. The SMILES string of the molecule is CC(=O)OC(OC(C)=O)Oc1cc[c]cc1. The van der Waals surface area contributed by atoms with E-state index < -0.39 is 18.4 Å². The Morgan fingerprint density at radius 1 is 1.12 bits per heavy atom. The van der Waals surface area contributed by atoms with Crippen LogP contribution in [0.5, 0.6) is 5.75 Å². The predicted molar refractivity (Wildman–Crippen MR) is 53.2 cm³/mol. The summed E-state index contributed by atoms with van der Waals surface area (Å²) in [5.41, 5.74) is 0. The van der Waals surface area contributed by atoms with Crippen LogP contribution >= 0.6 is 0 Å². The molecule has 0 heterocycles. The number of hydrogen-bond acceptors (Lipinski definition) is 5. The van der Waals surface area contributed by atoms with Gasteiger partial charge in [0.15, 0.2) is 0 Å². The summed E-state index contributed by atoms with van der Waals surface area (Å²) in [6.45, 7) is 1.02. The van der Waals surface area contributed by atoms with Crippen molar-refractivity contribution in [2.75, 3.05) is 0 Å². The van der Waals surface area contributed by atoms with Gasteiger partial charge in [0, 0.05) is 13.8 Å². The molecule has 1 radical (unpaired) electrons. The van der Waals surface area contributed by atoms with Crippen LogP contribution in [0.25, 0.3) is 0 Å². The van der Waals surface area contributed by atoms with Crippen LogP contribution in [0.15, 0.2) is 24.3 Å². The third-order valence-electron chi connectivity index (χ3n) is 1.44. The van der Waals surface area contributed by atoms with Gasteiger partial charge in [-0.05, 0) is 18.2 Å². The zero-order valence-electron chi connectivity index (χ0n) is 8.93. The minimum atomic E-state index is -1.36. The number of benzene rings is 1. The predicted octanol–water partition coefficient (Wildman–Crippen LogP) is 1.28. The van der Waals surface area contributed by atoms with Crippen LogP contribution in [0, 0.1) is 6.07 Å². The average Bonchev–Trinajstić information content (AvgIpc) is 2.16. The van der Waals surface area contributed by atoms with E-state index >= 15 is 0 Å². The third kappa shape index (κ3) is 4.45. The van der Waals surface area contributed by atoms with Gasteiger partial charge in [-0.15, -0.1) is 0 Å². The lowest BCUT2D eigenvalue weighted by Gasteiger charge is -2.17. The van der Waals surface area contributed by atoms with E-state index in [1.807, 2.05) is 0 Å². The summed E-state index contributed by atoms with van der Waals surface area (Å²) in [5, 5.41) is 0. The molecular weight excluding hydrogens is 212 g/mol. The molecule has 5 nitrogen and oxygen atoms in total. The molecule has 1 aromatic rings. The largest absolute Gasteiger partial charge is 0.423 e. The van der Waals surface area contributed by atoms with Crippen molar-refractivity contribution >= 4 is 11.9 Å². The number of carbonyl (C=O) groups is 2. The molecule has 0 atom stereocenters. The van der Waals surface area contributed by atoms with Crippen molar-refractivity contribution in [1.29, 1.82) is 0 Å². The number of rotatable bonds is 4. The molecule has 0 amide bonds. The number of carbonyl (C=O) groups excluding carboxylic acids is 2. The van der Waals surface area contributed by atoms with Crippen LogP contribution in [0.2, 0.25) is 0 Å². The van der Waals surface area contributed by atoms with Gasteiger partial charge < -0.3 is 14.2 Å². The van der Waals surface area contributed by atoms with Crippen molar-refractivity contribution in [2.24, 2.45) is 0 Å². The molecule has 16 heavy (non-hydrogen) atoms. The summed E-state index contributed by atoms with van der Waals surface area (Å²) in [4.78, 5) is 21.5.